The molecule has 0 unspecified atom stereocenters. The van der Waals surface area contributed by atoms with Crippen molar-refractivity contribution in [1.82, 2.24) is 21.3 Å². The van der Waals surface area contributed by atoms with Crippen molar-refractivity contribution in [2.75, 3.05) is 26.4 Å². The van der Waals surface area contributed by atoms with Crippen molar-refractivity contribution in [2.45, 2.75) is 36.6 Å². The molecule has 37 heavy (non-hydrogen) atoms. The lowest BCUT2D eigenvalue weighted by atomic mass is 10.0. The lowest BCUT2D eigenvalue weighted by Gasteiger charge is -2.25. The van der Waals surface area contributed by atoms with E-state index in [0.717, 1.165) is 0 Å². The Morgan fingerprint density at radius 3 is 1.49 bits per heavy atom. The molecule has 0 aliphatic heterocycles. The third-order valence-corrected chi connectivity index (χ3v) is 4.97. The third-order valence-electron chi connectivity index (χ3n) is 4.97. The van der Waals surface area contributed by atoms with E-state index in [2.05, 4.69) is 16.0 Å². The first-order valence-electron chi connectivity index (χ1n) is 10.9. The molecule has 0 aliphatic carbocycles. The summed E-state index contributed by atoms with van der Waals surface area (Å²) in [6.45, 7) is -3.56. The number of nitrogens with one attached hydrogen (secondary N) is 4. The molecule has 0 heterocycles. The Labute approximate surface area is 210 Å². The molecule has 0 fully saturated rings. The summed E-state index contributed by atoms with van der Waals surface area (Å²) in [6.07, 6.45) is -0.214. The molecule has 0 bridgehead atoms. The number of aliphatic carboxylic acids is 1. The zero-order valence-corrected chi connectivity index (χ0v) is 19.5. The normalized spacial score (nSPS) is 14.8. The third kappa shape index (κ3) is 9.98. The molecule has 1 rings (SSSR count). The number of rotatable bonds is 15. The number of carboxylic acid groups (broad SMARTS) is 1. The fourth-order valence-electron chi connectivity index (χ4n) is 2.83. The Hall–Kier alpha value is -3.83. The number of hydrogen-bond donors (Lipinski definition) is 11. The van der Waals surface area contributed by atoms with Gasteiger partial charge in [0.15, 0.2) is 0 Å². The Kier molecular flexibility index (Phi) is 12.9. The minimum atomic E-state index is -1.70. The number of aliphatic hydroxyl groups is 4. The van der Waals surface area contributed by atoms with Gasteiger partial charge in [-0.25, -0.2) is 4.79 Å². The van der Waals surface area contributed by atoms with Gasteiger partial charge in [0.2, 0.25) is 23.6 Å². The second-order valence-electron chi connectivity index (χ2n) is 7.79. The summed E-state index contributed by atoms with van der Waals surface area (Å²) >= 11 is 0. The zero-order valence-electron chi connectivity index (χ0n) is 19.5. The molecular weight excluding hydrogens is 498 g/mol. The molecule has 0 saturated carbocycles. The van der Waals surface area contributed by atoms with Crippen LogP contribution in [0.3, 0.4) is 0 Å². The van der Waals surface area contributed by atoms with Crippen LogP contribution in [0.5, 0.6) is 5.75 Å². The molecular formula is C21H31N5O11. The fraction of sp³-hybridized carbons (Fsp3) is 0.476. The maximum Gasteiger partial charge on any atom is 0.328 e. The van der Waals surface area contributed by atoms with Gasteiger partial charge in [0, 0.05) is 6.42 Å². The lowest BCUT2D eigenvalue weighted by Crippen LogP contribution is -2.60. The number of aliphatic hydroxyl groups excluding tert-OH is 4. The highest BCUT2D eigenvalue weighted by molar-refractivity contribution is 5.95. The van der Waals surface area contributed by atoms with Crippen LogP contribution in [0.25, 0.3) is 0 Å². The number of carbonyl (C=O) groups is 5. The first kappa shape index (κ1) is 31.2. The second-order valence-corrected chi connectivity index (χ2v) is 7.79. The zero-order chi connectivity index (χ0) is 28.1. The monoisotopic (exact) mass is 529 g/mol. The minimum absolute atomic E-state index is 0.0778. The van der Waals surface area contributed by atoms with Gasteiger partial charge in [-0.1, -0.05) is 12.1 Å². The van der Waals surface area contributed by atoms with Crippen LogP contribution in [-0.2, 0) is 30.4 Å². The van der Waals surface area contributed by atoms with Crippen LogP contribution in [0.15, 0.2) is 24.3 Å². The molecule has 16 nitrogen and oxygen atoms in total. The van der Waals surface area contributed by atoms with Gasteiger partial charge in [-0.3, -0.25) is 19.2 Å². The van der Waals surface area contributed by atoms with E-state index in [1.807, 2.05) is 5.32 Å². The van der Waals surface area contributed by atoms with E-state index in [-0.39, 0.29) is 12.2 Å². The quantitative estimate of drug-likeness (QED) is 0.101. The number of amides is 4. The summed E-state index contributed by atoms with van der Waals surface area (Å²) in [5.41, 5.74) is 5.80. The Bertz CT molecular complexity index is 943. The summed E-state index contributed by atoms with van der Waals surface area (Å²) < 4.78 is 0. The topological polar surface area (TPSA) is 281 Å². The van der Waals surface area contributed by atoms with Crippen LogP contribution < -0.4 is 27.0 Å². The van der Waals surface area contributed by atoms with Gasteiger partial charge in [-0.05, 0) is 17.7 Å². The highest BCUT2D eigenvalue weighted by Gasteiger charge is 2.31. The van der Waals surface area contributed by atoms with Gasteiger partial charge >= 0.3 is 5.97 Å². The van der Waals surface area contributed by atoms with Crippen LogP contribution in [0.2, 0.25) is 0 Å². The maximum absolute atomic E-state index is 13.0. The second kappa shape index (κ2) is 15.3. The van der Waals surface area contributed by atoms with E-state index in [4.69, 9.17) is 21.1 Å². The number of benzene rings is 1. The average molecular weight is 530 g/mol. The number of phenolic OH excluding ortho intramolecular Hbond substituents is 1. The number of hydrogen-bond acceptors (Lipinski definition) is 11. The van der Waals surface area contributed by atoms with E-state index in [1.54, 1.807) is 0 Å². The van der Waals surface area contributed by atoms with Gasteiger partial charge < -0.3 is 57.6 Å². The van der Waals surface area contributed by atoms with Gasteiger partial charge in [-0.2, -0.15) is 0 Å². The summed E-state index contributed by atoms with van der Waals surface area (Å²) in [5.74, 6) is -5.77. The van der Waals surface area contributed by atoms with Crippen molar-refractivity contribution < 1.29 is 54.6 Å². The predicted molar refractivity (Wildman–Crippen MR) is 123 cm³/mol. The maximum atomic E-state index is 13.0. The molecule has 206 valence electrons. The lowest BCUT2D eigenvalue weighted by molar-refractivity contribution is -0.143. The fourth-order valence-corrected chi connectivity index (χ4v) is 2.83. The highest BCUT2D eigenvalue weighted by atomic mass is 16.4. The summed E-state index contributed by atoms with van der Waals surface area (Å²) in [4.78, 5) is 60.9. The molecule has 0 aromatic heterocycles. The summed E-state index contributed by atoms with van der Waals surface area (Å²) in [6, 6.07) is -2.29. The first-order valence-corrected chi connectivity index (χ1v) is 10.9. The van der Waals surface area contributed by atoms with E-state index < -0.39 is 86.2 Å². The summed E-state index contributed by atoms with van der Waals surface area (Å²) in [7, 11) is 0. The van der Waals surface area contributed by atoms with Crippen molar-refractivity contribution in [2.24, 2.45) is 5.73 Å². The Morgan fingerprint density at radius 2 is 1.05 bits per heavy atom. The van der Waals surface area contributed by atoms with Crippen molar-refractivity contribution in [3.05, 3.63) is 29.8 Å². The highest BCUT2D eigenvalue weighted by Crippen LogP contribution is 2.12. The number of carboxylic acids is 1. The van der Waals surface area contributed by atoms with Gasteiger partial charge in [-0.15, -0.1) is 0 Å². The average Bonchev–Trinajstić information content (AvgIpc) is 2.88. The van der Waals surface area contributed by atoms with E-state index in [0.29, 0.717) is 5.56 Å². The van der Waals surface area contributed by atoms with Gasteiger partial charge in [0.1, 0.15) is 36.0 Å². The smallest absolute Gasteiger partial charge is 0.328 e. The van der Waals surface area contributed by atoms with Crippen molar-refractivity contribution in [3.63, 3.8) is 0 Å². The van der Waals surface area contributed by atoms with Crippen LogP contribution in [0, 0.1) is 0 Å². The van der Waals surface area contributed by atoms with Crippen LogP contribution >= 0.6 is 0 Å². The molecule has 16 heteroatoms. The molecule has 1 aromatic rings. The Balaban J connectivity index is 3.09. The molecule has 0 aliphatic rings. The minimum Gasteiger partial charge on any atom is -0.508 e. The number of nitrogens with two attached hydrogens (primary N) is 1. The van der Waals surface area contributed by atoms with E-state index in [1.165, 1.54) is 24.3 Å². The molecule has 4 amide bonds. The molecule has 5 atom stereocenters. The van der Waals surface area contributed by atoms with Crippen LogP contribution in [-0.4, -0.2) is 117 Å². The SMILES string of the molecule is N[C@@H](CO)C(=O)N[C@@H](CO)C(=O)N[C@@H](Cc1ccc(O)cc1)C(=O)N[C@@H](CO)C(=O)N[C@@H](CO)C(=O)O. The van der Waals surface area contributed by atoms with Crippen LogP contribution in [0.4, 0.5) is 0 Å². The standard InChI is InChI=1S/C21H31N5O11/c22-12(6-27)17(32)24-14(7-28)19(34)23-13(5-10-1-3-11(31)4-2-10)18(33)25-15(8-29)20(35)26-16(9-30)21(36)37/h1-4,12-16,27-31H,5-9,22H2,(H,23,34)(H,24,32)(H,25,33)(H,26,35)(H,36,37)/t12-,13-,14-,15-,16-/m0/s1. The molecule has 0 radical (unpaired) electrons. The number of phenols is 1. The number of aromatic hydroxyl groups is 1. The molecule has 1 aromatic carbocycles. The Morgan fingerprint density at radius 1 is 0.649 bits per heavy atom. The first-order chi connectivity index (χ1) is 17.5. The van der Waals surface area contributed by atoms with Gasteiger partial charge in [0.05, 0.1) is 26.4 Å². The molecule has 0 spiro atoms. The molecule has 0 saturated heterocycles. The summed E-state index contributed by atoms with van der Waals surface area (Å²) in [5, 5.41) is 64.0. The molecule has 12 N–H and O–H groups in total. The van der Waals surface area contributed by atoms with Crippen molar-refractivity contribution in [3.8, 4) is 5.75 Å². The van der Waals surface area contributed by atoms with Gasteiger partial charge in [0.25, 0.3) is 0 Å². The van der Waals surface area contributed by atoms with E-state index in [9.17, 15) is 39.3 Å². The van der Waals surface area contributed by atoms with Crippen molar-refractivity contribution >= 4 is 29.6 Å². The largest absolute Gasteiger partial charge is 0.508 e. The van der Waals surface area contributed by atoms with Crippen molar-refractivity contribution in [1.29, 1.82) is 0 Å². The number of carbonyl (C=O) groups excluding carboxylic acids is 4. The van der Waals surface area contributed by atoms with E-state index >= 15 is 0 Å². The predicted octanol–water partition coefficient (Wildman–Crippen LogP) is -5.74. The van der Waals surface area contributed by atoms with Crippen LogP contribution in [0.1, 0.15) is 5.56 Å².